The van der Waals surface area contributed by atoms with E-state index in [9.17, 15) is 14.4 Å². The van der Waals surface area contributed by atoms with Crippen molar-refractivity contribution in [2.75, 3.05) is 17.2 Å². The third-order valence-corrected chi connectivity index (χ3v) is 7.64. The van der Waals surface area contributed by atoms with Crippen molar-refractivity contribution < 1.29 is 19.1 Å². The third kappa shape index (κ3) is 6.17. The average Bonchev–Trinajstić information content (AvgIpc) is 3.70. The van der Waals surface area contributed by atoms with Crippen molar-refractivity contribution in [1.29, 1.82) is 0 Å². The van der Waals surface area contributed by atoms with Crippen LogP contribution in [0.2, 0.25) is 0 Å². The molecular weight excluding hydrogens is 488 g/mol. The second-order valence-electron chi connectivity index (χ2n) is 9.47. The van der Waals surface area contributed by atoms with E-state index < -0.39 is 12.1 Å². The van der Waals surface area contributed by atoms with Crippen molar-refractivity contribution in [2.24, 2.45) is 5.92 Å². The quantitative estimate of drug-likeness (QED) is 0.419. The molecule has 8 nitrogen and oxygen atoms in total. The summed E-state index contributed by atoms with van der Waals surface area (Å²) in [5, 5.41) is 8.22. The normalized spacial score (nSPS) is 17.5. The van der Waals surface area contributed by atoms with Crippen LogP contribution in [0.1, 0.15) is 44.1 Å². The van der Waals surface area contributed by atoms with Crippen molar-refractivity contribution in [2.45, 2.75) is 51.2 Å². The molecule has 192 valence electrons. The standard InChI is InChI=1S/C28H30N4O4S/c33-25(20-10-4-5-11-20)29-22-13-6-12-21(16-22)23-18-37-27(30-23)31-26(34)24-14-7-15-32(24)28(35)36-17-19-8-2-1-3-9-19/h1-3,6,8-9,12-13,16,18,20,24H,4-5,7,10-11,14-15,17H2,(H,29,33)(H,30,31,34). The lowest BCUT2D eigenvalue weighted by molar-refractivity contribution is -0.120. The maximum Gasteiger partial charge on any atom is 0.410 e. The number of nitrogens with zero attached hydrogens (tertiary/aromatic N) is 2. The molecule has 1 unspecified atom stereocenters. The number of carbonyl (C=O) groups excluding carboxylic acids is 3. The maximum absolute atomic E-state index is 13.0. The lowest BCUT2D eigenvalue weighted by Gasteiger charge is -2.22. The Morgan fingerprint density at radius 3 is 2.57 bits per heavy atom. The van der Waals surface area contributed by atoms with Gasteiger partial charge >= 0.3 is 6.09 Å². The number of amides is 3. The lowest BCUT2D eigenvalue weighted by atomic mass is 10.1. The summed E-state index contributed by atoms with van der Waals surface area (Å²) in [6.45, 7) is 0.648. The van der Waals surface area contributed by atoms with Crippen LogP contribution in [-0.2, 0) is 20.9 Å². The van der Waals surface area contributed by atoms with Gasteiger partial charge in [0, 0.05) is 29.1 Å². The first kappa shape index (κ1) is 25.0. The molecule has 1 aliphatic carbocycles. The highest BCUT2D eigenvalue weighted by Crippen LogP contribution is 2.30. The van der Waals surface area contributed by atoms with Crippen LogP contribution in [0.25, 0.3) is 11.3 Å². The zero-order chi connectivity index (χ0) is 25.6. The van der Waals surface area contributed by atoms with Crippen LogP contribution in [0.3, 0.4) is 0 Å². The minimum Gasteiger partial charge on any atom is -0.445 e. The Bertz CT molecular complexity index is 1260. The van der Waals surface area contributed by atoms with Crippen molar-refractivity contribution in [3.05, 3.63) is 65.5 Å². The molecule has 2 heterocycles. The van der Waals surface area contributed by atoms with E-state index in [2.05, 4.69) is 15.6 Å². The average molecular weight is 519 g/mol. The largest absolute Gasteiger partial charge is 0.445 e. The molecule has 2 aliphatic rings. The van der Waals surface area contributed by atoms with Gasteiger partial charge in [-0.2, -0.15) is 0 Å². The molecule has 2 fully saturated rings. The summed E-state index contributed by atoms with van der Waals surface area (Å²) in [7, 11) is 0. The SMILES string of the molecule is O=C(Nc1cccc(-c2csc(NC(=O)C3CCCN3C(=O)OCc3ccccc3)n2)c1)C1CCCC1. The molecule has 1 aromatic heterocycles. The Morgan fingerprint density at radius 2 is 1.76 bits per heavy atom. The molecule has 0 radical (unpaired) electrons. The van der Waals surface area contributed by atoms with E-state index in [-0.39, 0.29) is 24.3 Å². The fourth-order valence-corrected chi connectivity index (χ4v) is 5.62. The smallest absolute Gasteiger partial charge is 0.410 e. The molecule has 2 N–H and O–H groups in total. The van der Waals surface area contributed by atoms with Gasteiger partial charge in [0.25, 0.3) is 0 Å². The molecule has 2 aromatic carbocycles. The Labute approximate surface area is 220 Å². The van der Waals surface area contributed by atoms with E-state index >= 15 is 0 Å². The van der Waals surface area contributed by atoms with Crippen molar-refractivity contribution in [3.63, 3.8) is 0 Å². The Hall–Kier alpha value is -3.72. The van der Waals surface area contributed by atoms with Crippen LogP contribution in [0.5, 0.6) is 0 Å². The minimum absolute atomic E-state index is 0.0734. The molecule has 0 bridgehead atoms. The first-order valence-electron chi connectivity index (χ1n) is 12.7. The Kier molecular flexibility index (Phi) is 7.79. The van der Waals surface area contributed by atoms with Gasteiger partial charge in [-0.25, -0.2) is 9.78 Å². The van der Waals surface area contributed by atoms with Crippen LogP contribution in [0.4, 0.5) is 15.6 Å². The summed E-state index contributed by atoms with van der Waals surface area (Å²) in [5.74, 6) is -0.104. The topological polar surface area (TPSA) is 101 Å². The van der Waals surface area contributed by atoms with Gasteiger partial charge in [0.2, 0.25) is 11.8 Å². The zero-order valence-electron chi connectivity index (χ0n) is 20.5. The third-order valence-electron chi connectivity index (χ3n) is 6.88. The van der Waals surface area contributed by atoms with E-state index in [0.717, 1.165) is 48.9 Å². The number of ether oxygens (including phenoxy) is 1. The van der Waals surface area contributed by atoms with Crippen molar-refractivity contribution in [3.8, 4) is 11.3 Å². The van der Waals surface area contributed by atoms with Gasteiger partial charge < -0.3 is 15.4 Å². The first-order chi connectivity index (χ1) is 18.1. The van der Waals surface area contributed by atoms with Crippen molar-refractivity contribution in [1.82, 2.24) is 9.88 Å². The predicted octanol–water partition coefficient (Wildman–Crippen LogP) is 5.68. The second kappa shape index (κ2) is 11.6. The van der Waals surface area contributed by atoms with Crippen LogP contribution >= 0.6 is 11.3 Å². The summed E-state index contributed by atoms with van der Waals surface area (Å²) < 4.78 is 5.44. The first-order valence-corrected chi connectivity index (χ1v) is 13.6. The number of hydrogen-bond acceptors (Lipinski definition) is 6. The number of benzene rings is 2. The van der Waals surface area contributed by atoms with Gasteiger partial charge in [0.15, 0.2) is 5.13 Å². The number of carbonyl (C=O) groups is 3. The van der Waals surface area contributed by atoms with E-state index in [0.29, 0.717) is 23.8 Å². The fraction of sp³-hybridized carbons (Fsp3) is 0.357. The van der Waals surface area contributed by atoms with Gasteiger partial charge in [0.1, 0.15) is 12.6 Å². The maximum atomic E-state index is 13.0. The minimum atomic E-state index is -0.593. The number of likely N-dealkylation sites (tertiary alicyclic amines) is 1. The summed E-state index contributed by atoms with van der Waals surface area (Å²) >= 11 is 1.32. The number of rotatable bonds is 7. The monoisotopic (exact) mass is 518 g/mol. The molecule has 3 aromatic rings. The van der Waals surface area contributed by atoms with Crippen LogP contribution in [0, 0.1) is 5.92 Å². The van der Waals surface area contributed by atoms with Gasteiger partial charge in [-0.05, 0) is 43.4 Å². The second-order valence-corrected chi connectivity index (χ2v) is 10.3. The zero-order valence-corrected chi connectivity index (χ0v) is 21.3. The van der Waals surface area contributed by atoms with Gasteiger partial charge in [-0.1, -0.05) is 55.3 Å². The molecule has 1 aliphatic heterocycles. The summed E-state index contributed by atoms with van der Waals surface area (Å²) in [5.41, 5.74) is 3.20. The molecule has 1 saturated carbocycles. The Balaban J connectivity index is 1.18. The number of aromatic nitrogens is 1. The molecule has 5 rings (SSSR count). The van der Waals surface area contributed by atoms with Crippen LogP contribution < -0.4 is 10.6 Å². The predicted molar refractivity (Wildman–Crippen MR) is 143 cm³/mol. The number of anilines is 2. The van der Waals surface area contributed by atoms with E-state index in [4.69, 9.17) is 4.74 Å². The van der Waals surface area contributed by atoms with E-state index in [1.807, 2.05) is 60.0 Å². The van der Waals surface area contributed by atoms with Crippen molar-refractivity contribution >= 4 is 40.1 Å². The number of nitrogens with one attached hydrogen (secondary N) is 2. The Morgan fingerprint density at radius 1 is 0.946 bits per heavy atom. The van der Waals surface area contributed by atoms with Crippen LogP contribution in [0.15, 0.2) is 60.0 Å². The van der Waals surface area contributed by atoms with Crippen LogP contribution in [-0.4, -0.2) is 40.4 Å². The highest BCUT2D eigenvalue weighted by molar-refractivity contribution is 7.14. The molecular formula is C28H30N4O4S. The summed E-state index contributed by atoms with van der Waals surface area (Å²) in [6, 6.07) is 16.4. The van der Waals surface area contributed by atoms with Gasteiger partial charge in [0.05, 0.1) is 5.69 Å². The van der Waals surface area contributed by atoms with E-state index in [1.54, 1.807) is 0 Å². The highest BCUT2D eigenvalue weighted by Gasteiger charge is 2.35. The molecule has 37 heavy (non-hydrogen) atoms. The lowest BCUT2D eigenvalue weighted by Crippen LogP contribution is -2.43. The summed E-state index contributed by atoms with van der Waals surface area (Å²) in [6.07, 6.45) is 4.94. The van der Waals surface area contributed by atoms with Gasteiger partial charge in [-0.15, -0.1) is 11.3 Å². The number of thiazole rings is 1. The highest BCUT2D eigenvalue weighted by atomic mass is 32.1. The van der Waals surface area contributed by atoms with E-state index in [1.165, 1.54) is 16.2 Å². The molecule has 0 spiro atoms. The molecule has 1 atom stereocenters. The van der Waals surface area contributed by atoms with Gasteiger partial charge in [-0.3, -0.25) is 14.5 Å². The number of hydrogen-bond donors (Lipinski definition) is 2. The molecule has 1 saturated heterocycles. The fourth-order valence-electron chi connectivity index (χ4n) is 4.90. The summed E-state index contributed by atoms with van der Waals surface area (Å²) in [4.78, 5) is 44.2. The molecule has 3 amide bonds. The molecule has 9 heteroatoms.